The zero-order chi connectivity index (χ0) is 18.7. The molecule has 2 aromatic rings. The number of nitrogens with zero attached hydrogens (tertiary/aromatic N) is 3. The number of rotatable bonds is 7. The van der Waals surface area contributed by atoms with Gasteiger partial charge in [-0.25, -0.2) is 4.99 Å². The first-order valence-electron chi connectivity index (χ1n) is 10.0. The molecule has 2 N–H and O–H groups in total. The van der Waals surface area contributed by atoms with E-state index in [0.717, 1.165) is 31.3 Å². The van der Waals surface area contributed by atoms with E-state index in [1.807, 2.05) is 24.4 Å². The first-order chi connectivity index (χ1) is 13.3. The number of aliphatic imine (C=N–C) groups is 1. The molecule has 0 spiro atoms. The number of benzene rings is 1. The minimum Gasteiger partial charge on any atom is -0.357 e. The fourth-order valence-corrected chi connectivity index (χ4v) is 3.53. The van der Waals surface area contributed by atoms with E-state index in [-0.39, 0.29) is 0 Å². The van der Waals surface area contributed by atoms with E-state index in [2.05, 4.69) is 57.8 Å². The van der Waals surface area contributed by atoms with Gasteiger partial charge in [-0.05, 0) is 44.0 Å². The molecule has 1 aliphatic rings. The van der Waals surface area contributed by atoms with Gasteiger partial charge >= 0.3 is 0 Å². The maximum absolute atomic E-state index is 4.69. The molecule has 1 aliphatic heterocycles. The Labute approximate surface area is 162 Å². The van der Waals surface area contributed by atoms with Crippen molar-refractivity contribution in [2.45, 2.75) is 45.3 Å². The molecule has 0 amide bonds. The summed E-state index contributed by atoms with van der Waals surface area (Å²) in [5.41, 5.74) is 2.37. The standard InChI is InChI=1S/C22H31N5/c1-2-23-22(25-16-20-12-6-8-14-24-20)26-17-21-13-7-9-15-27(21)18-19-10-4-3-5-11-19/h3-6,8,10-12,14,21H,2,7,9,13,15-18H2,1H3,(H2,23,25,26). The lowest BCUT2D eigenvalue weighted by atomic mass is 10.0. The predicted octanol–water partition coefficient (Wildman–Crippen LogP) is 3.19. The Morgan fingerprint density at radius 3 is 2.74 bits per heavy atom. The lowest BCUT2D eigenvalue weighted by molar-refractivity contribution is 0.141. The Kier molecular flexibility index (Phi) is 7.66. The summed E-state index contributed by atoms with van der Waals surface area (Å²) in [6, 6.07) is 17.3. The van der Waals surface area contributed by atoms with Crippen molar-refractivity contribution in [1.29, 1.82) is 0 Å². The van der Waals surface area contributed by atoms with Gasteiger partial charge in [0.2, 0.25) is 0 Å². The fourth-order valence-electron chi connectivity index (χ4n) is 3.53. The van der Waals surface area contributed by atoms with E-state index in [1.165, 1.54) is 31.4 Å². The summed E-state index contributed by atoms with van der Waals surface area (Å²) in [6.45, 7) is 6.65. The van der Waals surface area contributed by atoms with E-state index in [4.69, 9.17) is 4.99 Å². The minimum absolute atomic E-state index is 0.540. The highest BCUT2D eigenvalue weighted by Gasteiger charge is 2.22. The van der Waals surface area contributed by atoms with Gasteiger partial charge in [0.25, 0.3) is 0 Å². The lowest BCUT2D eigenvalue weighted by Gasteiger charge is -2.36. The second kappa shape index (κ2) is 10.7. The van der Waals surface area contributed by atoms with Gasteiger partial charge in [-0.1, -0.05) is 42.8 Å². The number of guanidine groups is 1. The first-order valence-corrected chi connectivity index (χ1v) is 10.0. The molecule has 0 radical (unpaired) electrons. The maximum Gasteiger partial charge on any atom is 0.191 e. The van der Waals surface area contributed by atoms with E-state index >= 15 is 0 Å². The van der Waals surface area contributed by atoms with Crippen LogP contribution in [0.3, 0.4) is 0 Å². The van der Waals surface area contributed by atoms with Crippen LogP contribution < -0.4 is 10.6 Å². The maximum atomic E-state index is 4.69. The van der Waals surface area contributed by atoms with Crippen LogP contribution in [-0.2, 0) is 13.1 Å². The largest absolute Gasteiger partial charge is 0.357 e. The molecule has 144 valence electrons. The average Bonchev–Trinajstić information content (AvgIpc) is 2.72. The summed E-state index contributed by atoms with van der Waals surface area (Å²) < 4.78 is 0. The van der Waals surface area contributed by atoms with E-state index in [9.17, 15) is 0 Å². The van der Waals surface area contributed by atoms with Crippen LogP contribution in [0.1, 0.15) is 37.4 Å². The minimum atomic E-state index is 0.540. The normalized spacial score (nSPS) is 18.3. The second-order valence-corrected chi connectivity index (χ2v) is 7.00. The summed E-state index contributed by atoms with van der Waals surface area (Å²) >= 11 is 0. The smallest absolute Gasteiger partial charge is 0.191 e. The Morgan fingerprint density at radius 1 is 1.11 bits per heavy atom. The average molecular weight is 366 g/mol. The number of nitrogens with one attached hydrogen (secondary N) is 2. The monoisotopic (exact) mass is 365 g/mol. The number of pyridine rings is 1. The van der Waals surface area contributed by atoms with Crippen LogP contribution in [0.5, 0.6) is 0 Å². The van der Waals surface area contributed by atoms with Gasteiger partial charge in [0.15, 0.2) is 5.96 Å². The molecule has 0 aliphatic carbocycles. The molecule has 0 bridgehead atoms. The SMILES string of the molecule is CCNC(=NCc1ccccn1)NCC1CCCCN1Cc1ccccc1. The Hall–Kier alpha value is -2.40. The first kappa shape index (κ1) is 19.4. The molecule has 1 aromatic heterocycles. The number of likely N-dealkylation sites (tertiary alicyclic amines) is 1. The van der Waals surface area contributed by atoms with Gasteiger partial charge < -0.3 is 10.6 Å². The molecule has 5 nitrogen and oxygen atoms in total. The summed E-state index contributed by atoms with van der Waals surface area (Å²) in [5, 5.41) is 6.90. The van der Waals surface area contributed by atoms with Crippen LogP contribution in [0, 0.1) is 0 Å². The van der Waals surface area contributed by atoms with Crippen LogP contribution >= 0.6 is 0 Å². The predicted molar refractivity (Wildman–Crippen MR) is 112 cm³/mol. The molecule has 1 saturated heterocycles. The molecule has 0 saturated carbocycles. The quantitative estimate of drug-likeness (QED) is 0.584. The van der Waals surface area contributed by atoms with Crippen LogP contribution in [0.4, 0.5) is 0 Å². The van der Waals surface area contributed by atoms with Gasteiger partial charge in [0.1, 0.15) is 0 Å². The molecule has 1 aromatic carbocycles. The van der Waals surface area contributed by atoms with Crippen molar-refractivity contribution in [3.63, 3.8) is 0 Å². The summed E-state index contributed by atoms with van der Waals surface area (Å²) in [4.78, 5) is 11.6. The van der Waals surface area contributed by atoms with Crippen molar-refractivity contribution >= 4 is 5.96 Å². The highest BCUT2D eigenvalue weighted by Crippen LogP contribution is 2.19. The highest BCUT2D eigenvalue weighted by molar-refractivity contribution is 5.79. The molecule has 2 heterocycles. The third kappa shape index (κ3) is 6.36. The van der Waals surface area contributed by atoms with Crippen LogP contribution in [0.25, 0.3) is 0 Å². The van der Waals surface area contributed by atoms with Gasteiger partial charge in [0.05, 0.1) is 12.2 Å². The number of hydrogen-bond acceptors (Lipinski definition) is 3. The third-order valence-electron chi connectivity index (χ3n) is 4.95. The molecular formula is C22H31N5. The molecule has 1 fully saturated rings. The second-order valence-electron chi connectivity index (χ2n) is 7.00. The number of piperidine rings is 1. The molecule has 3 rings (SSSR count). The summed E-state index contributed by atoms with van der Waals surface area (Å²) in [6.07, 6.45) is 5.64. The number of hydrogen-bond donors (Lipinski definition) is 2. The van der Waals surface area contributed by atoms with Crippen molar-refractivity contribution < 1.29 is 0 Å². The van der Waals surface area contributed by atoms with Crippen LogP contribution in [-0.4, -0.2) is 41.5 Å². The van der Waals surface area contributed by atoms with Crippen LogP contribution in [0.2, 0.25) is 0 Å². The van der Waals surface area contributed by atoms with Crippen molar-refractivity contribution in [2.75, 3.05) is 19.6 Å². The van der Waals surface area contributed by atoms with E-state index in [0.29, 0.717) is 12.6 Å². The van der Waals surface area contributed by atoms with Gasteiger partial charge in [-0.2, -0.15) is 0 Å². The third-order valence-corrected chi connectivity index (χ3v) is 4.95. The zero-order valence-electron chi connectivity index (χ0n) is 16.3. The Morgan fingerprint density at radius 2 is 1.96 bits per heavy atom. The number of aromatic nitrogens is 1. The topological polar surface area (TPSA) is 52.6 Å². The van der Waals surface area contributed by atoms with Crippen LogP contribution in [0.15, 0.2) is 59.7 Å². The van der Waals surface area contributed by atoms with Gasteiger partial charge in [-0.3, -0.25) is 9.88 Å². The van der Waals surface area contributed by atoms with Crippen molar-refractivity contribution in [3.05, 3.63) is 66.0 Å². The van der Waals surface area contributed by atoms with E-state index < -0.39 is 0 Å². The van der Waals surface area contributed by atoms with Crippen molar-refractivity contribution in [1.82, 2.24) is 20.5 Å². The van der Waals surface area contributed by atoms with Gasteiger partial charge in [0, 0.05) is 31.9 Å². The van der Waals surface area contributed by atoms with Gasteiger partial charge in [-0.15, -0.1) is 0 Å². The fraction of sp³-hybridized carbons (Fsp3) is 0.455. The molecule has 1 atom stereocenters. The molecule has 1 unspecified atom stereocenters. The lowest BCUT2D eigenvalue weighted by Crippen LogP contribution is -2.48. The van der Waals surface area contributed by atoms with E-state index in [1.54, 1.807) is 0 Å². The van der Waals surface area contributed by atoms with Crippen molar-refractivity contribution in [3.8, 4) is 0 Å². The Balaban J connectivity index is 1.57. The highest BCUT2D eigenvalue weighted by atomic mass is 15.2. The van der Waals surface area contributed by atoms with Crippen molar-refractivity contribution in [2.24, 2.45) is 4.99 Å². The Bertz CT molecular complexity index is 686. The molecular weight excluding hydrogens is 334 g/mol. The zero-order valence-corrected chi connectivity index (χ0v) is 16.3. The summed E-state index contributed by atoms with van der Waals surface area (Å²) in [5.74, 6) is 0.869. The summed E-state index contributed by atoms with van der Waals surface area (Å²) in [7, 11) is 0. The molecule has 5 heteroatoms. The molecule has 27 heavy (non-hydrogen) atoms.